The summed E-state index contributed by atoms with van der Waals surface area (Å²) < 4.78 is 4.82. The average Bonchev–Trinajstić information content (AvgIpc) is 2.36. The Morgan fingerprint density at radius 1 is 1.16 bits per heavy atom. The van der Waals surface area contributed by atoms with E-state index in [4.69, 9.17) is 9.84 Å². The molecule has 0 heterocycles. The third-order valence-corrected chi connectivity index (χ3v) is 2.89. The van der Waals surface area contributed by atoms with Gasteiger partial charge < -0.3 is 20.5 Å². The third-order valence-electron chi connectivity index (χ3n) is 2.89. The van der Waals surface area contributed by atoms with Crippen molar-refractivity contribution in [2.75, 3.05) is 26.8 Å². The summed E-state index contributed by atoms with van der Waals surface area (Å²) in [5, 5.41) is 14.1. The molecule has 0 bridgehead atoms. The van der Waals surface area contributed by atoms with Gasteiger partial charge in [0.2, 0.25) is 0 Å². The number of aliphatic carboxylic acids is 1. The first-order valence-corrected chi connectivity index (χ1v) is 6.82. The van der Waals surface area contributed by atoms with E-state index < -0.39 is 5.97 Å². The largest absolute Gasteiger partial charge is 0.481 e. The molecule has 0 radical (unpaired) electrons. The van der Waals surface area contributed by atoms with Gasteiger partial charge in [-0.1, -0.05) is 19.8 Å². The lowest BCUT2D eigenvalue weighted by Crippen LogP contribution is -2.38. The Balaban J connectivity index is 3.72. The van der Waals surface area contributed by atoms with E-state index in [1.165, 1.54) is 0 Å². The molecule has 2 amide bonds. The number of ether oxygens (including phenoxy) is 1. The van der Waals surface area contributed by atoms with E-state index in [0.717, 1.165) is 19.3 Å². The van der Waals surface area contributed by atoms with Crippen molar-refractivity contribution in [1.82, 2.24) is 10.6 Å². The topological polar surface area (TPSA) is 87.7 Å². The van der Waals surface area contributed by atoms with Gasteiger partial charge in [0.25, 0.3) is 0 Å². The number of hydrogen-bond donors (Lipinski definition) is 3. The van der Waals surface area contributed by atoms with Crippen molar-refractivity contribution in [3.8, 4) is 0 Å². The summed E-state index contributed by atoms with van der Waals surface area (Å²) >= 11 is 0. The standard InChI is InChI=1S/C13H26N2O4/c1-3-4-11(5-6-12(16)17)7-8-14-13(18)15-9-10-19-2/h11H,3-10H2,1-2H3,(H,16,17)(H2,14,15,18). The van der Waals surface area contributed by atoms with Crippen molar-refractivity contribution in [1.29, 1.82) is 0 Å². The smallest absolute Gasteiger partial charge is 0.314 e. The van der Waals surface area contributed by atoms with E-state index in [9.17, 15) is 9.59 Å². The van der Waals surface area contributed by atoms with Gasteiger partial charge in [0.1, 0.15) is 0 Å². The van der Waals surface area contributed by atoms with Gasteiger partial charge in [0.05, 0.1) is 6.61 Å². The van der Waals surface area contributed by atoms with E-state index >= 15 is 0 Å². The van der Waals surface area contributed by atoms with Crippen molar-refractivity contribution in [3.05, 3.63) is 0 Å². The second-order valence-electron chi connectivity index (χ2n) is 4.55. The molecule has 6 heteroatoms. The maximum absolute atomic E-state index is 11.4. The van der Waals surface area contributed by atoms with E-state index in [1.54, 1.807) is 7.11 Å². The van der Waals surface area contributed by atoms with Gasteiger partial charge in [-0.05, 0) is 18.8 Å². The Bertz CT molecular complexity index is 259. The first kappa shape index (κ1) is 17.7. The van der Waals surface area contributed by atoms with E-state index in [2.05, 4.69) is 17.6 Å². The van der Waals surface area contributed by atoms with Crippen molar-refractivity contribution in [3.63, 3.8) is 0 Å². The van der Waals surface area contributed by atoms with Crippen LogP contribution in [0.4, 0.5) is 4.79 Å². The summed E-state index contributed by atoms with van der Waals surface area (Å²) in [5.74, 6) is -0.397. The van der Waals surface area contributed by atoms with Crippen LogP contribution in [0.2, 0.25) is 0 Å². The first-order chi connectivity index (χ1) is 9.10. The zero-order valence-electron chi connectivity index (χ0n) is 11.9. The molecule has 6 nitrogen and oxygen atoms in total. The highest BCUT2D eigenvalue weighted by Crippen LogP contribution is 2.16. The molecule has 0 saturated carbocycles. The molecule has 0 aliphatic heterocycles. The van der Waals surface area contributed by atoms with Crippen LogP contribution in [-0.4, -0.2) is 43.9 Å². The second kappa shape index (κ2) is 11.8. The van der Waals surface area contributed by atoms with Crippen molar-refractivity contribution in [2.45, 2.75) is 39.0 Å². The molecule has 0 saturated heterocycles. The highest BCUT2D eigenvalue weighted by Gasteiger charge is 2.10. The highest BCUT2D eigenvalue weighted by molar-refractivity contribution is 5.73. The van der Waals surface area contributed by atoms with E-state index in [1.807, 2.05) is 0 Å². The van der Waals surface area contributed by atoms with E-state index in [0.29, 0.717) is 32.0 Å². The lowest BCUT2D eigenvalue weighted by molar-refractivity contribution is -0.137. The summed E-state index contributed by atoms with van der Waals surface area (Å²) in [6, 6.07) is -0.203. The zero-order valence-corrected chi connectivity index (χ0v) is 11.9. The molecular formula is C13H26N2O4. The minimum atomic E-state index is -0.758. The maximum atomic E-state index is 11.4. The molecule has 1 unspecified atom stereocenters. The first-order valence-electron chi connectivity index (χ1n) is 6.82. The number of rotatable bonds is 11. The van der Waals surface area contributed by atoms with Crippen LogP contribution in [0.5, 0.6) is 0 Å². The number of methoxy groups -OCH3 is 1. The number of carboxylic acid groups (broad SMARTS) is 1. The molecule has 3 N–H and O–H groups in total. The predicted octanol–water partition coefficient (Wildman–Crippen LogP) is 1.60. The minimum Gasteiger partial charge on any atom is -0.481 e. The predicted molar refractivity (Wildman–Crippen MR) is 73.2 cm³/mol. The van der Waals surface area contributed by atoms with Gasteiger partial charge in [-0.3, -0.25) is 4.79 Å². The summed E-state index contributed by atoms with van der Waals surface area (Å²) in [6.45, 7) is 3.63. The van der Waals surface area contributed by atoms with Gasteiger partial charge in [-0.15, -0.1) is 0 Å². The van der Waals surface area contributed by atoms with Crippen LogP contribution in [0.15, 0.2) is 0 Å². The van der Waals surface area contributed by atoms with Gasteiger partial charge >= 0.3 is 12.0 Å². The van der Waals surface area contributed by atoms with Crippen LogP contribution in [0.3, 0.4) is 0 Å². The van der Waals surface area contributed by atoms with Crippen LogP contribution in [-0.2, 0) is 9.53 Å². The quantitative estimate of drug-likeness (QED) is 0.499. The lowest BCUT2D eigenvalue weighted by Gasteiger charge is -2.15. The molecule has 19 heavy (non-hydrogen) atoms. The molecule has 0 rings (SSSR count). The number of carboxylic acids is 1. The summed E-state index contributed by atoms with van der Waals surface area (Å²) in [7, 11) is 1.58. The molecule has 0 aromatic carbocycles. The van der Waals surface area contributed by atoms with E-state index in [-0.39, 0.29) is 12.5 Å². The van der Waals surface area contributed by atoms with Crippen LogP contribution >= 0.6 is 0 Å². The number of carbonyl (C=O) groups is 2. The summed E-state index contributed by atoms with van der Waals surface area (Å²) in [6.07, 6.45) is 3.73. The van der Waals surface area contributed by atoms with Crippen LogP contribution in [0, 0.1) is 5.92 Å². The Hall–Kier alpha value is -1.30. The Morgan fingerprint density at radius 3 is 2.42 bits per heavy atom. The second-order valence-corrected chi connectivity index (χ2v) is 4.55. The molecule has 0 aliphatic rings. The van der Waals surface area contributed by atoms with Crippen molar-refractivity contribution in [2.24, 2.45) is 5.92 Å². The fourth-order valence-corrected chi connectivity index (χ4v) is 1.89. The van der Waals surface area contributed by atoms with Gasteiger partial charge in [-0.25, -0.2) is 4.79 Å². The molecule has 0 aromatic heterocycles. The Labute approximate surface area is 114 Å². The zero-order chi connectivity index (χ0) is 14.5. The van der Waals surface area contributed by atoms with Gasteiger partial charge in [-0.2, -0.15) is 0 Å². The normalized spacial score (nSPS) is 11.9. The molecular weight excluding hydrogens is 248 g/mol. The number of amides is 2. The fraction of sp³-hybridized carbons (Fsp3) is 0.846. The van der Waals surface area contributed by atoms with Crippen molar-refractivity contribution >= 4 is 12.0 Å². The molecule has 112 valence electrons. The third kappa shape index (κ3) is 11.5. The number of urea groups is 1. The number of hydrogen-bond acceptors (Lipinski definition) is 3. The Kier molecular flexibility index (Phi) is 11.0. The average molecular weight is 274 g/mol. The van der Waals surface area contributed by atoms with Crippen LogP contribution < -0.4 is 10.6 Å². The molecule has 1 atom stereocenters. The fourth-order valence-electron chi connectivity index (χ4n) is 1.89. The summed E-state index contributed by atoms with van der Waals surface area (Å²) in [5.41, 5.74) is 0. The Morgan fingerprint density at radius 2 is 1.84 bits per heavy atom. The minimum absolute atomic E-state index is 0.199. The van der Waals surface area contributed by atoms with Gasteiger partial charge in [0, 0.05) is 26.6 Å². The highest BCUT2D eigenvalue weighted by atomic mass is 16.5. The molecule has 0 fully saturated rings. The maximum Gasteiger partial charge on any atom is 0.314 e. The SMILES string of the molecule is CCCC(CCNC(=O)NCCOC)CCC(=O)O. The van der Waals surface area contributed by atoms with Crippen molar-refractivity contribution < 1.29 is 19.4 Å². The van der Waals surface area contributed by atoms with Crippen LogP contribution in [0.1, 0.15) is 39.0 Å². The lowest BCUT2D eigenvalue weighted by atomic mass is 9.94. The van der Waals surface area contributed by atoms with Gasteiger partial charge in [0.15, 0.2) is 0 Å². The molecule has 0 spiro atoms. The molecule has 0 aromatic rings. The number of nitrogens with one attached hydrogen (secondary N) is 2. The molecule has 0 aliphatic carbocycles. The summed E-state index contributed by atoms with van der Waals surface area (Å²) in [4.78, 5) is 21.9. The van der Waals surface area contributed by atoms with Crippen LogP contribution in [0.25, 0.3) is 0 Å². The monoisotopic (exact) mass is 274 g/mol. The number of carbonyl (C=O) groups excluding carboxylic acids is 1.